The number of methoxy groups -OCH3 is 1. The zero-order valence-corrected chi connectivity index (χ0v) is 17.1. The molecule has 2 heterocycles. The molecule has 4 rings (SSSR count). The van der Waals surface area contributed by atoms with Crippen LogP contribution < -0.4 is 14.5 Å². The van der Waals surface area contributed by atoms with Gasteiger partial charge < -0.3 is 19.4 Å². The van der Waals surface area contributed by atoms with Gasteiger partial charge in [0.1, 0.15) is 5.75 Å². The normalized spacial score (nSPS) is 19.6. The van der Waals surface area contributed by atoms with Crippen molar-refractivity contribution in [3.05, 3.63) is 53.6 Å². The molecule has 0 N–H and O–H groups in total. The van der Waals surface area contributed by atoms with Crippen LogP contribution in [0.25, 0.3) is 0 Å². The third kappa shape index (κ3) is 4.17. The van der Waals surface area contributed by atoms with E-state index in [0.29, 0.717) is 30.4 Å². The molecule has 2 aliphatic heterocycles. The molecule has 29 heavy (non-hydrogen) atoms. The summed E-state index contributed by atoms with van der Waals surface area (Å²) in [6.07, 6.45) is 0.255. The zero-order chi connectivity index (χ0) is 20.4. The van der Waals surface area contributed by atoms with Crippen LogP contribution in [0.5, 0.6) is 5.75 Å². The van der Waals surface area contributed by atoms with Crippen molar-refractivity contribution in [2.45, 2.75) is 6.42 Å². The van der Waals surface area contributed by atoms with Gasteiger partial charge in [-0.15, -0.1) is 0 Å². The summed E-state index contributed by atoms with van der Waals surface area (Å²) in [5.41, 5.74) is 1.85. The Bertz CT molecular complexity index is 912. The highest BCUT2D eigenvalue weighted by Gasteiger charge is 2.38. The smallest absolute Gasteiger partial charge is 0.228 e. The minimum Gasteiger partial charge on any atom is -0.497 e. The second-order valence-corrected chi connectivity index (χ2v) is 7.84. The maximum Gasteiger partial charge on any atom is 0.228 e. The average Bonchev–Trinajstić information content (AvgIpc) is 3.15. The lowest BCUT2D eigenvalue weighted by molar-refractivity contribution is -0.136. The molecule has 2 aliphatic rings. The number of hydrogen-bond acceptors (Lipinski definition) is 4. The van der Waals surface area contributed by atoms with E-state index in [1.165, 1.54) is 0 Å². The molecule has 0 spiro atoms. The van der Waals surface area contributed by atoms with Crippen molar-refractivity contribution >= 4 is 34.8 Å². The summed E-state index contributed by atoms with van der Waals surface area (Å²) in [4.78, 5) is 31.4. The topological polar surface area (TPSA) is 53.1 Å². The van der Waals surface area contributed by atoms with E-state index in [1.807, 2.05) is 53.4 Å². The van der Waals surface area contributed by atoms with Crippen LogP contribution in [0.1, 0.15) is 6.42 Å². The van der Waals surface area contributed by atoms with Crippen LogP contribution >= 0.6 is 11.6 Å². The Labute approximate surface area is 175 Å². The van der Waals surface area contributed by atoms with Gasteiger partial charge in [0.15, 0.2) is 0 Å². The van der Waals surface area contributed by atoms with Crippen molar-refractivity contribution < 1.29 is 14.3 Å². The molecule has 0 aromatic heterocycles. The standard InChI is InChI=1S/C22H24ClN3O3/c1-29-20-7-3-6-19(14-20)26-15-16(12-21(26)27)22(28)25-10-8-24(9-11-25)18-5-2-4-17(23)13-18/h2-7,13-14,16H,8-12,15H2,1H3/t16-/m0/s1. The Morgan fingerprint density at radius 3 is 2.48 bits per heavy atom. The number of benzene rings is 2. The van der Waals surface area contributed by atoms with Crippen molar-refractivity contribution in [3.63, 3.8) is 0 Å². The Balaban J connectivity index is 1.37. The molecule has 0 aliphatic carbocycles. The van der Waals surface area contributed by atoms with Crippen LogP contribution in [-0.2, 0) is 9.59 Å². The van der Waals surface area contributed by atoms with E-state index in [1.54, 1.807) is 12.0 Å². The molecular weight excluding hydrogens is 390 g/mol. The first-order valence-corrected chi connectivity index (χ1v) is 10.2. The molecule has 2 amide bonds. The van der Waals surface area contributed by atoms with Crippen molar-refractivity contribution in [2.24, 2.45) is 5.92 Å². The van der Waals surface area contributed by atoms with Crippen LogP contribution in [0, 0.1) is 5.92 Å². The summed E-state index contributed by atoms with van der Waals surface area (Å²) in [6, 6.07) is 15.2. The maximum absolute atomic E-state index is 13.0. The van der Waals surface area contributed by atoms with Gasteiger partial charge in [-0.05, 0) is 30.3 Å². The predicted octanol–water partition coefficient (Wildman–Crippen LogP) is 3.05. The molecule has 2 aromatic carbocycles. The molecule has 2 saturated heterocycles. The van der Waals surface area contributed by atoms with Gasteiger partial charge in [-0.1, -0.05) is 23.7 Å². The quantitative estimate of drug-likeness (QED) is 0.773. The lowest BCUT2D eigenvalue weighted by atomic mass is 10.1. The van der Waals surface area contributed by atoms with Crippen molar-refractivity contribution in [1.29, 1.82) is 0 Å². The van der Waals surface area contributed by atoms with Gasteiger partial charge in [0.05, 0.1) is 13.0 Å². The third-order valence-corrected chi connectivity index (χ3v) is 5.84. The van der Waals surface area contributed by atoms with Gasteiger partial charge in [-0.3, -0.25) is 9.59 Å². The molecular formula is C22H24ClN3O3. The van der Waals surface area contributed by atoms with Crippen LogP contribution in [0.3, 0.4) is 0 Å². The molecule has 1 atom stereocenters. The van der Waals surface area contributed by atoms with Crippen molar-refractivity contribution in [1.82, 2.24) is 4.90 Å². The van der Waals surface area contributed by atoms with Gasteiger partial charge in [0.2, 0.25) is 11.8 Å². The van der Waals surface area contributed by atoms with E-state index in [2.05, 4.69) is 4.90 Å². The highest BCUT2D eigenvalue weighted by Crippen LogP contribution is 2.29. The van der Waals surface area contributed by atoms with Gasteiger partial charge >= 0.3 is 0 Å². The summed E-state index contributed by atoms with van der Waals surface area (Å²) in [6.45, 7) is 3.22. The van der Waals surface area contributed by atoms with Gasteiger partial charge in [0, 0.05) is 61.6 Å². The number of rotatable bonds is 4. The summed E-state index contributed by atoms with van der Waals surface area (Å²) < 4.78 is 5.25. The molecule has 0 bridgehead atoms. The number of amides is 2. The molecule has 7 heteroatoms. The first kappa shape index (κ1) is 19.6. The van der Waals surface area contributed by atoms with E-state index in [9.17, 15) is 9.59 Å². The fourth-order valence-corrected chi connectivity index (χ4v) is 4.20. The number of carbonyl (C=O) groups is 2. The Morgan fingerprint density at radius 2 is 1.76 bits per heavy atom. The van der Waals surface area contributed by atoms with Gasteiger partial charge in [-0.2, -0.15) is 0 Å². The number of anilines is 2. The highest BCUT2D eigenvalue weighted by molar-refractivity contribution is 6.30. The average molecular weight is 414 g/mol. The number of carbonyl (C=O) groups excluding carboxylic acids is 2. The summed E-state index contributed by atoms with van der Waals surface area (Å²) in [7, 11) is 1.60. The monoisotopic (exact) mass is 413 g/mol. The number of ether oxygens (including phenoxy) is 1. The zero-order valence-electron chi connectivity index (χ0n) is 16.4. The van der Waals surface area contributed by atoms with E-state index >= 15 is 0 Å². The number of piperazine rings is 1. The summed E-state index contributed by atoms with van der Waals surface area (Å²) in [5.74, 6) is 0.442. The first-order valence-electron chi connectivity index (χ1n) is 9.79. The van der Waals surface area contributed by atoms with Gasteiger partial charge in [0.25, 0.3) is 0 Å². The molecule has 2 fully saturated rings. The van der Waals surface area contributed by atoms with Gasteiger partial charge in [-0.25, -0.2) is 0 Å². The van der Waals surface area contributed by atoms with Crippen LogP contribution in [0.15, 0.2) is 48.5 Å². The number of halogens is 1. The molecule has 2 aromatic rings. The lowest BCUT2D eigenvalue weighted by Crippen LogP contribution is -2.50. The number of nitrogens with zero attached hydrogens (tertiary/aromatic N) is 3. The fraction of sp³-hybridized carbons (Fsp3) is 0.364. The van der Waals surface area contributed by atoms with Crippen LogP contribution in [0.2, 0.25) is 5.02 Å². The van der Waals surface area contributed by atoms with Crippen LogP contribution in [0.4, 0.5) is 11.4 Å². The summed E-state index contributed by atoms with van der Waals surface area (Å²) in [5, 5.41) is 0.711. The lowest BCUT2D eigenvalue weighted by Gasteiger charge is -2.37. The highest BCUT2D eigenvalue weighted by atomic mass is 35.5. The minimum atomic E-state index is -0.300. The second-order valence-electron chi connectivity index (χ2n) is 7.40. The first-order chi connectivity index (χ1) is 14.0. The number of hydrogen-bond donors (Lipinski definition) is 0. The maximum atomic E-state index is 13.0. The molecule has 0 unspecified atom stereocenters. The SMILES string of the molecule is COc1cccc(N2C[C@@H](C(=O)N3CCN(c4cccc(Cl)c4)CC3)CC2=O)c1. The second kappa shape index (κ2) is 8.33. The van der Waals surface area contributed by atoms with Crippen molar-refractivity contribution in [3.8, 4) is 5.75 Å². The van der Waals surface area contributed by atoms with E-state index in [0.717, 1.165) is 24.5 Å². The predicted molar refractivity (Wildman–Crippen MR) is 114 cm³/mol. The Kier molecular flexibility index (Phi) is 5.62. The molecule has 6 nitrogen and oxygen atoms in total. The molecule has 0 saturated carbocycles. The molecule has 0 radical (unpaired) electrons. The van der Waals surface area contributed by atoms with E-state index < -0.39 is 0 Å². The minimum absolute atomic E-state index is 0.0193. The van der Waals surface area contributed by atoms with E-state index in [4.69, 9.17) is 16.3 Å². The third-order valence-electron chi connectivity index (χ3n) is 5.60. The van der Waals surface area contributed by atoms with E-state index in [-0.39, 0.29) is 24.2 Å². The Morgan fingerprint density at radius 1 is 1.03 bits per heavy atom. The largest absolute Gasteiger partial charge is 0.497 e. The van der Waals surface area contributed by atoms with Crippen molar-refractivity contribution in [2.75, 3.05) is 49.6 Å². The fourth-order valence-electron chi connectivity index (χ4n) is 4.02. The molecule has 152 valence electrons. The Hall–Kier alpha value is -2.73. The van der Waals surface area contributed by atoms with Crippen LogP contribution in [-0.4, -0.2) is 56.5 Å². The summed E-state index contributed by atoms with van der Waals surface area (Å²) >= 11 is 6.09.